The lowest BCUT2D eigenvalue weighted by atomic mass is 9.51. The Morgan fingerprint density at radius 1 is 0.828 bits per heavy atom. The van der Waals surface area contributed by atoms with Gasteiger partial charge in [0.15, 0.2) is 0 Å². The van der Waals surface area contributed by atoms with Crippen molar-refractivity contribution in [1.82, 2.24) is 0 Å². The number of hydrogen-bond acceptors (Lipinski definition) is 2. The average Bonchev–Trinajstić information content (AvgIpc) is 3.07. The minimum absolute atomic E-state index is 0.00655. The summed E-state index contributed by atoms with van der Waals surface area (Å²) in [5, 5.41) is 13.5. The van der Waals surface area contributed by atoms with Crippen LogP contribution in [0, 0.1) is 5.92 Å². The zero-order valence-electron chi connectivity index (χ0n) is 16.3. The number of benzene rings is 3. The molecule has 0 aromatic heterocycles. The monoisotopic (exact) mass is 383 g/mol. The van der Waals surface area contributed by atoms with E-state index in [0.717, 1.165) is 29.7 Å². The van der Waals surface area contributed by atoms with Crippen LogP contribution < -0.4 is 5.32 Å². The SMILES string of the molecule is O=C1Nc2ccccc2[C@]12[C@H](CO)CC[C@@H](c1ccccc1)[C@@H]2c1ccccc1. The minimum Gasteiger partial charge on any atom is -0.396 e. The number of carbonyl (C=O) groups excluding carboxylic acids is 1. The van der Waals surface area contributed by atoms with E-state index < -0.39 is 5.41 Å². The molecule has 1 aliphatic heterocycles. The van der Waals surface area contributed by atoms with Gasteiger partial charge in [0, 0.05) is 24.1 Å². The van der Waals surface area contributed by atoms with Crippen LogP contribution in [0.15, 0.2) is 84.9 Å². The zero-order chi connectivity index (χ0) is 19.8. The Balaban J connectivity index is 1.79. The highest BCUT2D eigenvalue weighted by molar-refractivity contribution is 6.07. The predicted molar refractivity (Wildman–Crippen MR) is 115 cm³/mol. The van der Waals surface area contributed by atoms with Crippen LogP contribution in [0.5, 0.6) is 0 Å². The summed E-state index contributed by atoms with van der Waals surface area (Å²) in [7, 11) is 0. The molecule has 3 aromatic rings. The lowest BCUT2D eigenvalue weighted by Gasteiger charge is -2.50. The largest absolute Gasteiger partial charge is 0.396 e. The van der Waals surface area contributed by atoms with E-state index >= 15 is 0 Å². The molecule has 5 rings (SSSR count). The van der Waals surface area contributed by atoms with Gasteiger partial charge in [0.2, 0.25) is 5.91 Å². The van der Waals surface area contributed by atoms with Crippen LogP contribution >= 0.6 is 0 Å². The van der Waals surface area contributed by atoms with Crippen molar-refractivity contribution >= 4 is 11.6 Å². The Kier molecular flexibility index (Phi) is 4.48. The Hall–Kier alpha value is -2.91. The first kappa shape index (κ1) is 18.1. The van der Waals surface area contributed by atoms with Crippen LogP contribution in [0.25, 0.3) is 0 Å². The van der Waals surface area contributed by atoms with E-state index in [1.165, 1.54) is 5.56 Å². The van der Waals surface area contributed by atoms with Gasteiger partial charge in [0.1, 0.15) is 0 Å². The number of carbonyl (C=O) groups is 1. The summed E-state index contributed by atoms with van der Waals surface area (Å²) in [6, 6.07) is 28.9. The summed E-state index contributed by atoms with van der Waals surface area (Å²) in [5.74, 6) is 0.0718. The molecular formula is C26H25NO2. The van der Waals surface area contributed by atoms with Crippen molar-refractivity contribution in [2.75, 3.05) is 11.9 Å². The molecule has 2 aliphatic rings. The molecule has 2 N–H and O–H groups in total. The molecule has 1 fully saturated rings. The molecule has 1 heterocycles. The van der Waals surface area contributed by atoms with Gasteiger partial charge in [-0.25, -0.2) is 0 Å². The lowest BCUT2D eigenvalue weighted by Crippen LogP contribution is -2.52. The molecule has 3 aromatic carbocycles. The van der Waals surface area contributed by atoms with Crippen molar-refractivity contribution in [2.24, 2.45) is 5.92 Å². The molecule has 0 saturated heterocycles. The highest BCUT2D eigenvalue weighted by Crippen LogP contribution is 2.61. The molecule has 4 atom stereocenters. The molecule has 29 heavy (non-hydrogen) atoms. The highest BCUT2D eigenvalue weighted by atomic mass is 16.3. The van der Waals surface area contributed by atoms with Gasteiger partial charge in [-0.15, -0.1) is 0 Å². The maximum absolute atomic E-state index is 13.7. The smallest absolute Gasteiger partial charge is 0.236 e. The second-order valence-electron chi connectivity index (χ2n) is 8.23. The van der Waals surface area contributed by atoms with Crippen LogP contribution in [0.4, 0.5) is 5.69 Å². The molecule has 1 amide bonds. The van der Waals surface area contributed by atoms with E-state index in [1.807, 2.05) is 42.5 Å². The van der Waals surface area contributed by atoms with Crippen molar-refractivity contribution in [3.63, 3.8) is 0 Å². The second kappa shape index (κ2) is 7.16. The number of fused-ring (bicyclic) bond motifs is 2. The van der Waals surface area contributed by atoms with Crippen molar-refractivity contribution in [2.45, 2.75) is 30.1 Å². The molecule has 3 heteroatoms. The van der Waals surface area contributed by atoms with Gasteiger partial charge >= 0.3 is 0 Å². The molecule has 1 spiro atoms. The Labute approximate surface area is 171 Å². The summed E-state index contributed by atoms with van der Waals surface area (Å²) < 4.78 is 0. The van der Waals surface area contributed by atoms with Crippen molar-refractivity contribution in [3.8, 4) is 0 Å². The third-order valence-electron chi connectivity index (χ3n) is 6.97. The van der Waals surface area contributed by atoms with Gasteiger partial charge in [-0.2, -0.15) is 0 Å². The second-order valence-corrected chi connectivity index (χ2v) is 8.23. The van der Waals surface area contributed by atoms with E-state index in [0.29, 0.717) is 0 Å². The van der Waals surface area contributed by atoms with Crippen LogP contribution in [-0.4, -0.2) is 17.6 Å². The number of aliphatic hydroxyl groups excluding tert-OH is 1. The average molecular weight is 383 g/mol. The fourth-order valence-electron chi connectivity index (χ4n) is 5.81. The number of amides is 1. The number of aliphatic hydroxyl groups is 1. The molecule has 0 bridgehead atoms. The summed E-state index contributed by atoms with van der Waals surface area (Å²) >= 11 is 0. The van der Waals surface area contributed by atoms with Crippen LogP contribution in [0.3, 0.4) is 0 Å². The number of nitrogens with one attached hydrogen (secondary N) is 1. The zero-order valence-corrected chi connectivity index (χ0v) is 16.3. The number of rotatable bonds is 3. The van der Waals surface area contributed by atoms with E-state index in [9.17, 15) is 9.90 Å². The van der Waals surface area contributed by atoms with Gasteiger partial charge in [-0.1, -0.05) is 78.9 Å². The quantitative estimate of drug-likeness (QED) is 0.679. The Morgan fingerprint density at radius 3 is 2.14 bits per heavy atom. The third kappa shape index (κ3) is 2.65. The molecule has 1 aliphatic carbocycles. The van der Waals surface area contributed by atoms with Crippen molar-refractivity contribution in [1.29, 1.82) is 0 Å². The molecular weight excluding hydrogens is 358 g/mol. The summed E-state index contributed by atoms with van der Waals surface area (Å²) in [6.45, 7) is 0.00655. The van der Waals surface area contributed by atoms with Gasteiger partial charge in [0.05, 0.1) is 5.41 Å². The van der Waals surface area contributed by atoms with E-state index in [-0.39, 0.29) is 30.3 Å². The fraction of sp³-hybridized carbons (Fsp3) is 0.269. The van der Waals surface area contributed by atoms with Gasteiger partial charge in [-0.3, -0.25) is 4.79 Å². The number of para-hydroxylation sites is 1. The van der Waals surface area contributed by atoms with Gasteiger partial charge in [-0.05, 0) is 41.5 Å². The summed E-state index contributed by atoms with van der Waals surface area (Å²) in [6.07, 6.45) is 1.77. The summed E-state index contributed by atoms with van der Waals surface area (Å²) in [5.41, 5.74) is 3.55. The van der Waals surface area contributed by atoms with E-state index in [4.69, 9.17) is 0 Å². The first-order valence-electron chi connectivity index (χ1n) is 10.4. The van der Waals surface area contributed by atoms with Crippen LogP contribution in [0.1, 0.15) is 41.4 Å². The molecule has 0 unspecified atom stereocenters. The van der Waals surface area contributed by atoms with E-state index in [2.05, 4.69) is 47.8 Å². The molecule has 146 valence electrons. The third-order valence-corrected chi connectivity index (χ3v) is 6.97. The minimum atomic E-state index is -0.772. The predicted octanol–water partition coefficient (Wildman–Crippen LogP) is 4.85. The highest BCUT2D eigenvalue weighted by Gasteiger charge is 2.61. The van der Waals surface area contributed by atoms with Gasteiger partial charge < -0.3 is 10.4 Å². The Morgan fingerprint density at radius 2 is 1.45 bits per heavy atom. The van der Waals surface area contributed by atoms with Crippen LogP contribution in [-0.2, 0) is 10.2 Å². The fourth-order valence-corrected chi connectivity index (χ4v) is 5.81. The van der Waals surface area contributed by atoms with Gasteiger partial charge in [0.25, 0.3) is 0 Å². The lowest BCUT2D eigenvalue weighted by molar-refractivity contribution is -0.126. The van der Waals surface area contributed by atoms with Crippen molar-refractivity contribution < 1.29 is 9.90 Å². The Bertz CT molecular complexity index is 1020. The normalized spacial score (nSPS) is 28.2. The molecule has 3 nitrogen and oxygen atoms in total. The maximum Gasteiger partial charge on any atom is 0.236 e. The number of hydrogen-bond donors (Lipinski definition) is 2. The molecule has 0 radical (unpaired) electrons. The van der Waals surface area contributed by atoms with Crippen LogP contribution in [0.2, 0.25) is 0 Å². The van der Waals surface area contributed by atoms with Crippen molar-refractivity contribution in [3.05, 3.63) is 102 Å². The van der Waals surface area contributed by atoms with E-state index in [1.54, 1.807) is 0 Å². The first-order chi connectivity index (χ1) is 14.3. The summed E-state index contributed by atoms with van der Waals surface area (Å²) in [4.78, 5) is 13.7. The first-order valence-corrected chi connectivity index (χ1v) is 10.4. The standard InChI is InChI=1S/C26H25NO2/c28-17-20-15-16-21(18-9-3-1-4-10-18)24(19-11-5-2-6-12-19)26(20)22-13-7-8-14-23(22)27-25(26)29/h1-14,20-21,24,28H,15-17H2,(H,27,29)/t20-,21-,24-,26-/m0/s1. The topological polar surface area (TPSA) is 49.3 Å². The maximum atomic E-state index is 13.7. The molecule has 1 saturated carbocycles. The number of anilines is 1.